The summed E-state index contributed by atoms with van der Waals surface area (Å²) in [5.74, 6) is 1.06. The summed E-state index contributed by atoms with van der Waals surface area (Å²) in [6.45, 7) is 5.18. The second-order valence-electron chi connectivity index (χ2n) is 6.54. The minimum atomic E-state index is 0. The fourth-order valence-corrected chi connectivity index (χ4v) is 3.93. The number of likely N-dealkylation sites (tertiary alicyclic amines) is 1. The lowest BCUT2D eigenvalue weighted by Crippen LogP contribution is -2.36. The van der Waals surface area contributed by atoms with Gasteiger partial charge in [-0.2, -0.15) is 0 Å². The van der Waals surface area contributed by atoms with E-state index in [0.717, 1.165) is 25.5 Å². The smallest absolute Gasteiger partial charge is 0.222 e. The summed E-state index contributed by atoms with van der Waals surface area (Å²) in [5, 5.41) is 8.83. The van der Waals surface area contributed by atoms with Gasteiger partial charge < -0.3 is 15.5 Å². The van der Waals surface area contributed by atoms with Crippen molar-refractivity contribution >= 4 is 47.2 Å². The summed E-state index contributed by atoms with van der Waals surface area (Å²) in [4.78, 5) is 19.4. The largest absolute Gasteiger partial charge is 0.352 e. The summed E-state index contributed by atoms with van der Waals surface area (Å²) in [7, 11) is 1.78. The van der Waals surface area contributed by atoms with Crippen LogP contribution in [-0.2, 0) is 24.4 Å². The lowest BCUT2D eigenvalue weighted by atomic mass is 10.1. The topological polar surface area (TPSA) is 56.7 Å². The van der Waals surface area contributed by atoms with Gasteiger partial charge >= 0.3 is 0 Å². The molecule has 2 aromatic rings. The molecule has 1 aliphatic rings. The van der Waals surface area contributed by atoms with E-state index in [1.165, 1.54) is 21.6 Å². The number of carbonyl (C=O) groups is 1. The van der Waals surface area contributed by atoms with Crippen molar-refractivity contribution in [2.45, 2.75) is 39.4 Å². The molecule has 0 radical (unpaired) electrons. The normalized spacial score (nSPS) is 14.2. The maximum atomic E-state index is 11.8. The molecule has 1 fully saturated rings. The van der Waals surface area contributed by atoms with Gasteiger partial charge in [0.25, 0.3) is 0 Å². The van der Waals surface area contributed by atoms with Crippen molar-refractivity contribution in [3.8, 4) is 0 Å². The van der Waals surface area contributed by atoms with Crippen LogP contribution in [-0.4, -0.2) is 30.4 Å². The molecule has 5 nitrogen and oxygen atoms in total. The highest BCUT2D eigenvalue weighted by Crippen LogP contribution is 2.16. The van der Waals surface area contributed by atoms with Gasteiger partial charge in [0.1, 0.15) is 0 Å². The number of halogens is 1. The van der Waals surface area contributed by atoms with Gasteiger partial charge in [-0.25, -0.2) is 0 Å². The van der Waals surface area contributed by atoms with Gasteiger partial charge in [0, 0.05) is 38.0 Å². The van der Waals surface area contributed by atoms with Gasteiger partial charge in [-0.05, 0) is 41.5 Å². The highest BCUT2D eigenvalue weighted by molar-refractivity contribution is 14.0. The predicted molar refractivity (Wildman–Crippen MR) is 123 cm³/mol. The number of nitrogens with one attached hydrogen (secondary N) is 2. The monoisotopic (exact) mass is 498 g/mol. The van der Waals surface area contributed by atoms with Crippen LogP contribution in [0.15, 0.2) is 40.7 Å². The third-order valence-electron chi connectivity index (χ3n) is 4.60. The second-order valence-corrected chi connectivity index (χ2v) is 7.55. The third kappa shape index (κ3) is 6.21. The number of guanidine groups is 1. The zero-order valence-corrected chi connectivity index (χ0v) is 19.0. The summed E-state index contributed by atoms with van der Waals surface area (Å²) in [6.07, 6.45) is 1.67. The summed E-state index contributed by atoms with van der Waals surface area (Å²) >= 11 is 1.76. The van der Waals surface area contributed by atoms with Crippen molar-refractivity contribution in [3.63, 3.8) is 0 Å². The summed E-state index contributed by atoms with van der Waals surface area (Å²) in [6, 6.07) is 10.5. The van der Waals surface area contributed by atoms with Crippen LogP contribution in [0.1, 0.15) is 34.4 Å². The number of benzene rings is 1. The molecule has 1 amide bonds. The Labute approximate surface area is 182 Å². The number of aliphatic imine (C=N–C) groups is 1. The Morgan fingerprint density at radius 2 is 2.00 bits per heavy atom. The lowest BCUT2D eigenvalue weighted by molar-refractivity contribution is -0.128. The number of thiophene rings is 1. The first-order valence-electron chi connectivity index (χ1n) is 8.99. The first-order chi connectivity index (χ1) is 12.7. The van der Waals surface area contributed by atoms with E-state index in [9.17, 15) is 4.79 Å². The summed E-state index contributed by atoms with van der Waals surface area (Å²) < 4.78 is 0. The van der Waals surface area contributed by atoms with Gasteiger partial charge in [0.2, 0.25) is 5.91 Å². The molecule has 1 aromatic heterocycles. The second kappa shape index (κ2) is 10.7. The Hall–Kier alpha value is -1.61. The minimum Gasteiger partial charge on any atom is -0.352 e. The zero-order chi connectivity index (χ0) is 18.4. The van der Waals surface area contributed by atoms with Crippen LogP contribution in [0, 0.1) is 6.92 Å². The maximum Gasteiger partial charge on any atom is 0.222 e. The Morgan fingerprint density at radius 3 is 2.67 bits per heavy atom. The van der Waals surface area contributed by atoms with E-state index in [0.29, 0.717) is 19.5 Å². The van der Waals surface area contributed by atoms with Crippen LogP contribution < -0.4 is 10.6 Å². The van der Waals surface area contributed by atoms with Crippen molar-refractivity contribution < 1.29 is 4.79 Å². The molecule has 2 heterocycles. The zero-order valence-electron chi connectivity index (χ0n) is 15.8. The van der Waals surface area contributed by atoms with E-state index in [1.54, 1.807) is 18.4 Å². The van der Waals surface area contributed by atoms with Crippen LogP contribution in [0.25, 0.3) is 0 Å². The summed E-state index contributed by atoms with van der Waals surface area (Å²) in [5.41, 5.74) is 3.67. The van der Waals surface area contributed by atoms with Crippen molar-refractivity contribution in [2.24, 2.45) is 4.99 Å². The van der Waals surface area contributed by atoms with E-state index in [2.05, 4.69) is 58.3 Å². The van der Waals surface area contributed by atoms with Crippen molar-refractivity contribution in [2.75, 3.05) is 13.6 Å². The minimum absolute atomic E-state index is 0. The molecule has 0 atom stereocenters. The van der Waals surface area contributed by atoms with E-state index in [4.69, 9.17) is 0 Å². The Balaban J connectivity index is 0.00000261. The predicted octanol–water partition coefficient (Wildman–Crippen LogP) is 3.66. The molecule has 7 heteroatoms. The van der Waals surface area contributed by atoms with Gasteiger partial charge in [0.05, 0.1) is 6.54 Å². The fourth-order valence-electron chi connectivity index (χ4n) is 3.09. The number of rotatable bonds is 6. The molecule has 0 spiro atoms. The number of carbonyl (C=O) groups excluding carboxylic acids is 1. The average Bonchev–Trinajstić information content (AvgIpc) is 3.24. The van der Waals surface area contributed by atoms with Gasteiger partial charge in [-0.15, -0.1) is 35.3 Å². The van der Waals surface area contributed by atoms with E-state index < -0.39 is 0 Å². The first kappa shape index (κ1) is 21.7. The van der Waals surface area contributed by atoms with Crippen LogP contribution in [0.5, 0.6) is 0 Å². The van der Waals surface area contributed by atoms with Crippen molar-refractivity contribution in [1.29, 1.82) is 0 Å². The highest BCUT2D eigenvalue weighted by Gasteiger charge is 2.19. The maximum absolute atomic E-state index is 11.8. The SMILES string of the molecule is CN=C(NCc1cccc(CN2CCCC2=O)c1)NCc1sccc1C.I. The number of hydrogen-bond donors (Lipinski definition) is 2. The molecule has 146 valence electrons. The van der Waals surface area contributed by atoms with Crippen molar-refractivity contribution in [1.82, 2.24) is 15.5 Å². The van der Waals surface area contributed by atoms with E-state index in [-0.39, 0.29) is 29.9 Å². The first-order valence-corrected chi connectivity index (χ1v) is 9.87. The standard InChI is InChI=1S/C20H26N4OS.HI/c1-15-8-10-26-18(15)13-23-20(21-2)22-12-16-5-3-6-17(11-16)14-24-9-4-7-19(24)25;/h3,5-6,8,10-11H,4,7,9,12-14H2,1-2H3,(H2,21,22,23);1H. The number of amides is 1. The lowest BCUT2D eigenvalue weighted by Gasteiger charge is -2.16. The molecule has 3 rings (SSSR count). The quantitative estimate of drug-likeness (QED) is 0.363. The Kier molecular flexibility index (Phi) is 8.56. The van der Waals surface area contributed by atoms with Gasteiger partial charge in [-0.1, -0.05) is 24.3 Å². The van der Waals surface area contributed by atoms with E-state index >= 15 is 0 Å². The third-order valence-corrected chi connectivity index (χ3v) is 5.63. The molecule has 27 heavy (non-hydrogen) atoms. The van der Waals surface area contributed by atoms with E-state index in [1.807, 2.05) is 4.90 Å². The molecule has 0 aliphatic carbocycles. The number of nitrogens with zero attached hydrogens (tertiary/aromatic N) is 2. The molecule has 0 saturated carbocycles. The van der Waals surface area contributed by atoms with Gasteiger partial charge in [0.15, 0.2) is 5.96 Å². The average molecular weight is 498 g/mol. The molecule has 1 saturated heterocycles. The molecule has 1 aliphatic heterocycles. The Bertz CT molecular complexity index is 790. The molecule has 1 aromatic carbocycles. The van der Waals surface area contributed by atoms with Crippen LogP contribution in [0.2, 0.25) is 0 Å². The molecule has 2 N–H and O–H groups in total. The number of hydrogen-bond acceptors (Lipinski definition) is 3. The molecular formula is C20H27IN4OS. The number of aryl methyl sites for hydroxylation is 1. The highest BCUT2D eigenvalue weighted by atomic mass is 127. The fraction of sp³-hybridized carbons (Fsp3) is 0.400. The van der Waals surface area contributed by atoms with Crippen molar-refractivity contribution in [3.05, 3.63) is 57.3 Å². The van der Waals surface area contributed by atoms with Crippen LogP contribution in [0.4, 0.5) is 0 Å². The van der Waals surface area contributed by atoms with Crippen LogP contribution in [0.3, 0.4) is 0 Å². The Morgan fingerprint density at radius 1 is 1.22 bits per heavy atom. The van der Waals surface area contributed by atoms with Crippen LogP contribution >= 0.6 is 35.3 Å². The molecular weight excluding hydrogens is 471 g/mol. The molecule has 0 unspecified atom stereocenters. The van der Waals surface area contributed by atoms with Gasteiger partial charge in [-0.3, -0.25) is 9.79 Å². The molecule has 0 bridgehead atoms.